The van der Waals surface area contributed by atoms with Crippen molar-refractivity contribution in [1.82, 2.24) is 4.98 Å². The van der Waals surface area contributed by atoms with Crippen LogP contribution in [0.2, 0.25) is 0 Å². The Hall–Kier alpha value is -3.50. The van der Waals surface area contributed by atoms with Crippen LogP contribution in [0, 0.1) is 11.3 Å². The minimum absolute atomic E-state index is 0.00964. The van der Waals surface area contributed by atoms with Crippen LogP contribution >= 0.6 is 11.8 Å². The first-order valence-electron chi connectivity index (χ1n) is 11.6. The number of ether oxygens (including phenoxy) is 2. The maximum Gasteiger partial charge on any atom is 0.162 e. The highest BCUT2D eigenvalue weighted by Crippen LogP contribution is 2.43. The molecule has 0 bridgehead atoms. The standard InChI is InChI=1S/C27H26N2O8S/c1-13(31)20-21(15-8-9-17(32)18(10-15)36-2)16(11-28)26(29-22(20)14-6-4-3-5-7-14)38-27-25(35)24(34)23(33)19(12-30)37-27/h3-10,19,23-25,27,30,32-35H,12H2,1-2H3/t19-,23+,24+,25-,27+/m1/s1. The normalized spacial score (nSPS) is 23.0. The second kappa shape index (κ2) is 11.5. The van der Waals surface area contributed by atoms with Crippen molar-refractivity contribution in [3.63, 3.8) is 0 Å². The number of carbonyl (C=O) groups is 1. The van der Waals surface area contributed by atoms with Crippen molar-refractivity contribution < 1.29 is 39.8 Å². The van der Waals surface area contributed by atoms with E-state index in [1.807, 2.05) is 0 Å². The monoisotopic (exact) mass is 538 g/mol. The lowest BCUT2D eigenvalue weighted by Crippen LogP contribution is -2.57. The highest BCUT2D eigenvalue weighted by molar-refractivity contribution is 7.99. The molecule has 0 aliphatic carbocycles. The van der Waals surface area contributed by atoms with Gasteiger partial charge in [0.05, 0.1) is 30.5 Å². The van der Waals surface area contributed by atoms with E-state index < -0.39 is 36.5 Å². The minimum Gasteiger partial charge on any atom is -0.504 e. The molecule has 4 rings (SSSR count). The molecule has 2 aromatic carbocycles. The van der Waals surface area contributed by atoms with Gasteiger partial charge in [0.1, 0.15) is 40.9 Å². The van der Waals surface area contributed by atoms with Gasteiger partial charge < -0.3 is 35.0 Å². The zero-order valence-electron chi connectivity index (χ0n) is 20.5. The van der Waals surface area contributed by atoms with Crippen LogP contribution < -0.4 is 4.74 Å². The number of rotatable bonds is 7. The number of benzene rings is 2. The summed E-state index contributed by atoms with van der Waals surface area (Å²) < 4.78 is 10.9. The van der Waals surface area contributed by atoms with Crippen LogP contribution in [0.1, 0.15) is 22.8 Å². The summed E-state index contributed by atoms with van der Waals surface area (Å²) in [4.78, 5) is 17.7. The van der Waals surface area contributed by atoms with E-state index in [9.17, 15) is 35.6 Å². The van der Waals surface area contributed by atoms with Crippen LogP contribution in [0.25, 0.3) is 22.4 Å². The SMILES string of the molecule is COc1cc(-c2c(C#N)c(S[C@@H]3O[C@H](CO)[C@H](O)[C@H](O)[C@H]3O)nc(-c3ccccc3)c2C(C)=O)ccc1O. The Labute approximate surface area is 222 Å². The number of phenols is 1. The van der Waals surface area contributed by atoms with Gasteiger partial charge in [-0.05, 0) is 24.6 Å². The third-order valence-corrected chi connectivity index (χ3v) is 7.36. The molecule has 0 radical (unpaired) electrons. The van der Waals surface area contributed by atoms with E-state index >= 15 is 0 Å². The molecule has 1 aromatic heterocycles. The van der Waals surface area contributed by atoms with Crippen LogP contribution in [0.15, 0.2) is 53.6 Å². The fourth-order valence-electron chi connectivity index (χ4n) is 4.30. The van der Waals surface area contributed by atoms with Gasteiger partial charge in [0, 0.05) is 11.1 Å². The first-order valence-corrected chi connectivity index (χ1v) is 12.5. The van der Waals surface area contributed by atoms with Gasteiger partial charge in [-0.15, -0.1) is 0 Å². The predicted molar refractivity (Wildman–Crippen MR) is 138 cm³/mol. The summed E-state index contributed by atoms with van der Waals surface area (Å²) in [6, 6.07) is 15.4. The van der Waals surface area contributed by atoms with Gasteiger partial charge in [0.25, 0.3) is 0 Å². The third-order valence-electron chi connectivity index (χ3n) is 6.22. The van der Waals surface area contributed by atoms with Crippen LogP contribution in [0.5, 0.6) is 11.5 Å². The summed E-state index contributed by atoms with van der Waals surface area (Å²) >= 11 is 0.820. The number of phenolic OH excluding ortho intramolecular Hbond substituents is 1. The molecular formula is C27H26N2O8S. The van der Waals surface area contributed by atoms with Crippen molar-refractivity contribution >= 4 is 17.5 Å². The zero-order chi connectivity index (χ0) is 27.6. The van der Waals surface area contributed by atoms with Crippen LogP contribution in [-0.4, -0.2) is 79.9 Å². The molecule has 0 unspecified atom stereocenters. The predicted octanol–water partition coefficient (Wildman–Crippen LogP) is 2.10. The topological polar surface area (TPSA) is 173 Å². The number of nitriles is 1. The van der Waals surface area contributed by atoms with Crippen LogP contribution in [-0.2, 0) is 4.74 Å². The van der Waals surface area contributed by atoms with Gasteiger partial charge in [-0.2, -0.15) is 5.26 Å². The summed E-state index contributed by atoms with van der Waals surface area (Å²) in [6.45, 7) is 0.744. The van der Waals surface area contributed by atoms with Crippen molar-refractivity contribution in [3.8, 4) is 40.0 Å². The largest absolute Gasteiger partial charge is 0.504 e. The van der Waals surface area contributed by atoms with Crippen molar-refractivity contribution in [2.24, 2.45) is 0 Å². The molecule has 1 saturated heterocycles. The number of aliphatic hydroxyl groups is 4. The van der Waals surface area contributed by atoms with Crippen LogP contribution in [0.3, 0.4) is 0 Å². The number of ketones is 1. The number of aromatic hydroxyl groups is 1. The number of carbonyl (C=O) groups excluding carboxylic acids is 1. The molecule has 0 amide bonds. The number of pyridine rings is 1. The summed E-state index contributed by atoms with van der Waals surface area (Å²) in [6.07, 6.45) is -5.89. The number of thioether (sulfide) groups is 1. The number of aromatic nitrogens is 1. The van der Waals surface area contributed by atoms with Crippen molar-refractivity contribution in [2.75, 3.05) is 13.7 Å². The van der Waals surface area contributed by atoms with Crippen molar-refractivity contribution in [1.29, 1.82) is 5.26 Å². The van der Waals surface area contributed by atoms with Gasteiger partial charge in [-0.1, -0.05) is 48.2 Å². The maximum absolute atomic E-state index is 13.0. The highest BCUT2D eigenvalue weighted by Gasteiger charge is 2.44. The molecule has 11 heteroatoms. The Kier molecular flexibility index (Phi) is 8.32. The molecule has 5 N–H and O–H groups in total. The first kappa shape index (κ1) is 27.5. The second-order valence-corrected chi connectivity index (χ2v) is 9.71. The summed E-state index contributed by atoms with van der Waals surface area (Å²) in [5, 5.41) is 61.1. The molecule has 1 fully saturated rings. The van der Waals surface area contributed by atoms with Gasteiger partial charge in [0.2, 0.25) is 0 Å². The van der Waals surface area contributed by atoms with Gasteiger partial charge in [-0.3, -0.25) is 4.79 Å². The maximum atomic E-state index is 13.0. The molecule has 0 saturated carbocycles. The van der Waals surface area contributed by atoms with E-state index in [1.54, 1.807) is 30.3 Å². The van der Waals surface area contributed by atoms with Gasteiger partial charge in [0.15, 0.2) is 17.3 Å². The highest BCUT2D eigenvalue weighted by atomic mass is 32.2. The Balaban J connectivity index is 1.99. The third kappa shape index (κ3) is 5.10. The molecule has 1 aliphatic rings. The fourth-order valence-corrected chi connectivity index (χ4v) is 5.43. The van der Waals surface area contributed by atoms with Crippen LogP contribution in [0.4, 0.5) is 0 Å². The number of hydrogen-bond acceptors (Lipinski definition) is 11. The molecule has 198 valence electrons. The fraction of sp³-hybridized carbons (Fsp3) is 0.296. The molecule has 38 heavy (non-hydrogen) atoms. The number of Topliss-reactive ketones (excluding diaryl/α,β-unsaturated/α-hetero) is 1. The van der Waals surface area contributed by atoms with Gasteiger partial charge in [-0.25, -0.2) is 4.98 Å². The lowest BCUT2D eigenvalue weighted by Gasteiger charge is -2.39. The van der Waals surface area contributed by atoms with E-state index in [4.69, 9.17) is 9.47 Å². The molecule has 0 spiro atoms. The molecule has 2 heterocycles. The van der Waals surface area contributed by atoms with E-state index in [0.29, 0.717) is 11.1 Å². The lowest BCUT2D eigenvalue weighted by atomic mass is 9.90. The second-order valence-electron chi connectivity index (χ2n) is 8.63. The van der Waals surface area contributed by atoms with E-state index in [2.05, 4.69) is 11.1 Å². The minimum atomic E-state index is -1.62. The number of aliphatic hydroxyl groups excluding tert-OH is 4. The smallest absolute Gasteiger partial charge is 0.162 e. The zero-order valence-corrected chi connectivity index (χ0v) is 21.3. The molecule has 1 aliphatic heterocycles. The molecule has 5 atom stereocenters. The van der Waals surface area contributed by atoms with Crippen molar-refractivity contribution in [2.45, 2.75) is 41.8 Å². The average Bonchev–Trinajstić information content (AvgIpc) is 2.93. The molecule has 3 aromatic rings. The van der Waals surface area contributed by atoms with Gasteiger partial charge >= 0.3 is 0 Å². The Morgan fingerprint density at radius 1 is 1.11 bits per heavy atom. The summed E-state index contributed by atoms with van der Waals surface area (Å²) in [5.41, 5.74) is 0.439. The molecule has 10 nitrogen and oxygen atoms in total. The summed E-state index contributed by atoms with van der Waals surface area (Å²) in [7, 11) is 1.37. The van der Waals surface area contributed by atoms with E-state index in [-0.39, 0.29) is 44.7 Å². The Morgan fingerprint density at radius 2 is 1.82 bits per heavy atom. The number of methoxy groups -OCH3 is 1. The Bertz CT molecular complexity index is 1380. The average molecular weight is 539 g/mol. The Morgan fingerprint density at radius 3 is 2.42 bits per heavy atom. The molecular weight excluding hydrogens is 512 g/mol. The van der Waals surface area contributed by atoms with E-state index in [1.165, 1.54) is 32.2 Å². The van der Waals surface area contributed by atoms with E-state index in [0.717, 1.165) is 11.8 Å². The number of hydrogen-bond donors (Lipinski definition) is 5. The first-order chi connectivity index (χ1) is 18.2. The van der Waals surface area contributed by atoms with Crippen molar-refractivity contribution in [3.05, 3.63) is 59.7 Å². The quantitative estimate of drug-likeness (QED) is 0.279. The summed E-state index contributed by atoms with van der Waals surface area (Å²) in [5.74, 6) is -0.367. The lowest BCUT2D eigenvalue weighted by molar-refractivity contribution is -0.205. The number of nitrogens with zero attached hydrogens (tertiary/aromatic N) is 2.